The molecule has 0 spiro atoms. The number of hydrogen-bond acceptors (Lipinski definition) is 1. The Morgan fingerprint density at radius 2 is 2.12 bits per heavy atom. The highest BCUT2D eigenvalue weighted by Gasteiger charge is 2.41. The van der Waals surface area contributed by atoms with E-state index < -0.39 is 0 Å². The molecule has 1 saturated carbocycles. The molecule has 0 atom stereocenters. The van der Waals surface area contributed by atoms with Crippen LogP contribution in [0.5, 0.6) is 0 Å². The monoisotopic (exact) mass is 275 g/mol. The minimum Gasteiger partial charge on any atom is -0.312 e. The quantitative estimate of drug-likeness (QED) is 0.775. The molecule has 0 saturated heterocycles. The van der Waals surface area contributed by atoms with Gasteiger partial charge in [-0.05, 0) is 42.4 Å². The number of benzene rings is 1. The van der Waals surface area contributed by atoms with E-state index in [0.717, 1.165) is 24.4 Å². The molecule has 1 aromatic carbocycles. The van der Waals surface area contributed by atoms with Crippen LogP contribution in [0.4, 0.5) is 4.39 Å². The smallest absolute Gasteiger partial charge is 0.124 e. The van der Waals surface area contributed by atoms with Crippen LogP contribution in [0.3, 0.4) is 0 Å². The zero-order valence-corrected chi connectivity index (χ0v) is 11.1. The summed E-state index contributed by atoms with van der Waals surface area (Å²) in [7, 11) is 0. The van der Waals surface area contributed by atoms with Crippen LogP contribution in [0.1, 0.15) is 24.8 Å². The van der Waals surface area contributed by atoms with Crippen LogP contribution < -0.4 is 5.32 Å². The number of halogens is 3. The van der Waals surface area contributed by atoms with Crippen LogP contribution in [0, 0.1) is 11.2 Å². The predicted molar refractivity (Wildman–Crippen MR) is 70.1 cm³/mol. The normalized spacial score (nSPS) is 17.1. The molecule has 0 aliphatic heterocycles. The van der Waals surface area contributed by atoms with E-state index in [9.17, 15) is 4.39 Å². The Morgan fingerprint density at radius 3 is 2.71 bits per heavy atom. The summed E-state index contributed by atoms with van der Waals surface area (Å²) in [5, 5.41) is 3.87. The lowest BCUT2D eigenvalue weighted by Crippen LogP contribution is -2.24. The van der Waals surface area contributed by atoms with Crippen LogP contribution >= 0.6 is 23.2 Å². The lowest BCUT2D eigenvalue weighted by atomic mass is 10.0. The van der Waals surface area contributed by atoms with E-state index in [1.165, 1.54) is 25.0 Å². The molecule has 94 valence electrons. The van der Waals surface area contributed by atoms with Crippen molar-refractivity contribution in [1.29, 1.82) is 0 Å². The van der Waals surface area contributed by atoms with Gasteiger partial charge in [0.1, 0.15) is 5.82 Å². The van der Waals surface area contributed by atoms with E-state index in [2.05, 4.69) is 5.32 Å². The lowest BCUT2D eigenvalue weighted by molar-refractivity contribution is 0.445. The highest BCUT2D eigenvalue weighted by atomic mass is 35.5. The molecule has 17 heavy (non-hydrogen) atoms. The van der Waals surface area contributed by atoms with Crippen molar-refractivity contribution < 1.29 is 4.39 Å². The number of hydrogen-bond donors (Lipinski definition) is 1. The molecule has 0 bridgehead atoms. The molecule has 1 nitrogen and oxygen atoms in total. The highest BCUT2D eigenvalue weighted by Crippen LogP contribution is 2.48. The molecule has 4 heteroatoms. The molecule has 1 aliphatic rings. The van der Waals surface area contributed by atoms with E-state index >= 15 is 0 Å². The van der Waals surface area contributed by atoms with E-state index in [0.29, 0.717) is 17.0 Å². The van der Waals surface area contributed by atoms with Crippen molar-refractivity contribution in [2.45, 2.75) is 25.8 Å². The Bertz CT molecular complexity index is 391. The van der Waals surface area contributed by atoms with Gasteiger partial charge in [-0.25, -0.2) is 4.39 Å². The van der Waals surface area contributed by atoms with Gasteiger partial charge in [-0.2, -0.15) is 0 Å². The molecule has 1 N–H and O–H groups in total. The summed E-state index contributed by atoms with van der Waals surface area (Å²) in [6.07, 6.45) is 3.58. The Labute approximate surface area is 111 Å². The minimum absolute atomic E-state index is 0.292. The van der Waals surface area contributed by atoms with Crippen LogP contribution in [0.15, 0.2) is 18.2 Å². The molecule has 1 fully saturated rings. The van der Waals surface area contributed by atoms with Gasteiger partial charge in [-0.3, -0.25) is 0 Å². The Kier molecular flexibility index (Phi) is 4.29. The van der Waals surface area contributed by atoms with Crippen molar-refractivity contribution in [2.24, 2.45) is 5.41 Å². The minimum atomic E-state index is -0.292. The maximum atomic E-state index is 12.8. The third-order valence-corrected chi connectivity index (χ3v) is 3.95. The Hall–Kier alpha value is -0.310. The summed E-state index contributed by atoms with van der Waals surface area (Å²) in [6.45, 7) is 1.65. The lowest BCUT2D eigenvalue weighted by Gasteiger charge is -2.14. The van der Waals surface area contributed by atoms with Gasteiger partial charge in [0.2, 0.25) is 0 Å². The van der Waals surface area contributed by atoms with Gasteiger partial charge in [0, 0.05) is 24.0 Å². The van der Waals surface area contributed by atoms with Gasteiger partial charge in [0.15, 0.2) is 0 Å². The standard InChI is InChI=1S/C13H16Cl2FN/c14-6-5-13(3-4-13)9-17-8-10-1-2-11(16)7-12(10)15/h1-2,7,17H,3-6,8-9H2. The summed E-state index contributed by atoms with van der Waals surface area (Å²) in [5.74, 6) is 0.429. The van der Waals surface area contributed by atoms with Crippen molar-refractivity contribution in [2.75, 3.05) is 12.4 Å². The SMILES string of the molecule is Fc1ccc(CNCC2(CCCl)CC2)c(Cl)c1. The maximum absolute atomic E-state index is 12.8. The summed E-state index contributed by atoms with van der Waals surface area (Å²) < 4.78 is 12.8. The first-order chi connectivity index (χ1) is 8.15. The van der Waals surface area contributed by atoms with Crippen LogP contribution in [-0.4, -0.2) is 12.4 Å². The van der Waals surface area contributed by atoms with E-state index in [1.54, 1.807) is 6.07 Å². The molecular formula is C13H16Cl2FN. The number of alkyl halides is 1. The average Bonchev–Trinajstić information content (AvgIpc) is 3.02. The first-order valence-corrected chi connectivity index (χ1v) is 6.77. The van der Waals surface area contributed by atoms with Crippen molar-refractivity contribution >= 4 is 23.2 Å². The van der Waals surface area contributed by atoms with Crippen molar-refractivity contribution in [3.63, 3.8) is 0 Å². The molecule has 0 aromatic heterocycles. The number of rotatable bonds is 6. The van der Waals surface area contributed by atoms with Crippen molar-refractivity contribution in [3.8, 4) is 0 Å². The molecule has 0 heterocycles. The molecule has 1 aromatic rings. The van der Waals surface area contributed by atoms with Crippen LogP contribution in [0.2, 0.25) is 5.02 Å². The van der Waals surface area contributed by atoms with Crippen molar-refractivity contribution in [1.82, 2.24) is 5.32 Å². The third-order valence-electron chi connectivity index (χ3n) is 3.41. The average molecular weight is 276 g/mol. The molecule has 1 aliphatic carbocycles. The van der Waals surface area contributed by atoms with Gasteiger partial charge >= 0.3 is 0 Å². The Balaban J connectivity index is 1.82. The second kappa shape index (κ2) is 5.55. The predicted octanol–water partition coefficient (Wildman–Crippen LogP) is 3.98. The zero-order valence-electron chi connectivity index (χ0n) is 9.61. The van der Waals surface area contributed by atoms with Gasteiger partial charge in [-0.1, -0.05) is 17.7 Å². The third kappa shape index (κ3) is 3.57. The van der Waals surface area contributed by atoms with E-state index in [1.807, 2.05) is 0 Å². The van der Waals surface area contributed by atoms with Gasteiger partial charge in [0.25, 0.3) is 0 Å². The fourth-order valence-electron chi connectivity index (χ4n) is 2.02. The molecular weight excluding hydrogens is 260 g/mol. The second-order valence-electron chi connectivity index (χ2n) is 4.78. The van der Waals surface area contributed by atoms with Gasteiger partial charge in [-0.15, -0.1) is 11.6 Å². The second-order valence-corrected chi connectivity index (χ2v) is 5.56. The first-order valence-electron chi connectivity index (χ1n) is 5.86. The molecule has 0 unspecified atom stereocenters. The summed E-state index contributed by atoms with van der Waals surface area (Å²) >= 11 is 11.7. The van der Waals surface area contributed by atoms with Crippen LogP contribution in [0.25, 0.3) is 0 Å². The zero-order chi connectivity index (χ0) is 12.3. The molecule has 0 amide bonds. The largest absolute Gasteiger partial charge is 0.312 e. The molecule has 2 rings (SSSR count). The fourth-order valence-corrected chi connectivity index (χ4v) is 2.65. The van der Waals surface area contributed by atoms with Gasteiger partial charge in [0.05, 0.1) is 0 Å². The summed E-state index contributed by atoms with van der Waals surface area (Å²) in [6, 6.07) is 4.52. The fraction of sp³-hybridized carbons (Fsp3) is 0.538. The summed E-state index contributed by atoms with van der Waals surface area (Å²) in [5.41, 5.74) is 1.35. The highest BCUT2D eigenvalue weighted by molar-refractivity contribution is 6.31. The number of nitrogens with one attached hydrogen (secondary N) is 1. The summed E-state index contributed by atoms with van der Waals surface area (Å²) in [4.78, 5) is 0. The maximum Gasteiger partial charge on any atom is 0.124 e. The van der Waals surface area contributed by atoms with E-state index in [4.69, 9.17) is 23.2 Å². The van der Waals surface area contributed by atoms with E-state index in [-0.39, 0.29) is 5.82 Å². The topological polar surface area (TPSA) is 12.0 Å². The van der Waals surface area contributed by atoms with Crippen LogP contribution in [-0.2, 0) is 6.54 Å². The van der Waals surface area contributed by atoms with Crippen molar-refractivity contribution in [3.05, 3.63) is 34.6 Å². The first kappa shape index (κ1) is 13.1. The van der Waals surface area contributed by atoms with Gasteiger partial charge < -0.3 is 5.32 Å². The Morgan fingerprint density at radius 1 is 1.35 bits per heavy atom. The molecule has 0 radical (unpaired) electrons.